The van der Waals surface area contributed by atoms with Gasteiger partial charge in [-0.15, -0.1) is 0 Å². The molecule has 0 aromatic heterocycles. The average Bonchev–Trinajstić information content (AvgIpc) is 2.75. The molecule has 0 aromatic rings. The van der Waals surface area contributed by atoms with Gasteiger partial charge in [0, 0.05) is 6.61 Å². The van der Waals surface area contributed by atoms with Crippen LogP contribution < -0.4 is 0 Å². The first-order valence-electron chi connectivity index (χ1n) is 5.79. The van der Waals surface area contributed by atoms with Gasteiger partial charge in [0.15, 0.2) is 6.29 Å². The zero-order chi connectivity index (χ0) is 12.7. The van der Waals surface area contributed by atoms with Crippen molar-refractivity contribution in [2.75, 3.05) is 18.1 Å². The first-order chi connectivity index (χ1) is 8.19. The maximum Gasteiger partial charge on any atom is 0.309 e. The van der Waals surface area contributed by atoms with Gasteiger partial charge in [0.2, 0.25) is 0 Å². The lowest BCUT2D eigenvalue weighted by molar-refractivity contribution is -0.140. The second kappa shape index (κ2) is 8.05. The van der Waals surface area contributed by atoms with Crippen LogP contribution in [0.25, 0.3) is 0 Å². The summed E-state index contributed by atoms with van der Waals surface area (Å²) in [6.07, 6.45) is 4.14. The maximum absolute atomic E-state index is 11.1. The second-order valence-electron chi connectivity index (χ2n) is 3.83. The van der Waals surface area contributed by atoms with Crippen LogP contribution in [0.3, 0.4) is 0 Å². The summed E-state index contributed by atoms with van der Waals surface area (Å²) in [7, 11) is 1.41. The number of hydrogen-bond acceptors (Lipinski definition) is 4. The summed E-state index contributed by atoms with van der Waals surface area (Å²) in [5.41, 5.74) is 1.10. The number of carbonyl (C=O) groups is 1. The number of hydrogen-bond donors (Lipinski definition) is 0. The van der Waals surface area contributed by atoms with Crippen molar-refractivity contribution in [3.8, 4) is 0 Å². The maximum atomic E-state index is 11.1. The lowest BCUT2D eigenvalue weighted by Gasteiger charge is -2.18. The molecule has 98 valence electrons. The van der Waals surface area contributed by atoms with Crippen molar-refractivity contribution in [2.45, 2.75) is 38.6 Å². The third-order valence-electron chi connectivity index (χ3n) is 2.58. The summed E-state index contributed by atoms with van der Waals surface area (Å²) in [4.78, 5) is 11.1. The fraction of sp³-hybridized carbons (Fsp3) is 0.750. The highest BCUT2D eigenvalue weighted by molar-refractivity contribution is 14.1. The van der Waals surface area contributed by atoms with Gasteiger partial charge in [-0.2, -0.15) is 0 Å². The van der Waals surface area contributed by atoms with Crippen LogP contribution in [0.1, 0.15) is 26.2 Å². The van der Waals surface area contributed by atoms with Crippen LogP contribution >= 0.6 is 22.6 Å². The molecular weight excluding hydrogens is 335 g/mol. The Morgan fingerprint density at radius 1 is 1.65 bits per heavy atom. The summed E-state index contributed by atoms with van der Waals surface area (Å²) in [5.74, 6) is -0.188. The van der Waals surface area contributed by atoms with E-state index in [9.17, 15) is 4.79 Å². The molecule has 0 N–H and O–H groups in total. The minimum Gasteiger partial charge on any atom is -0.469 e. The van der Waals surface area contributed by atoms with Crippen LogP contribution in [0, 0.1) is 0 Å². The van der Waals surface area contributed by atoms with Crippen LogP contribution in [0.2, 0.25) is 0 Å². The van der Waals surface area contributed by atoms with Crippen LogP contribution in [0.15, 0.2) is 11.6 Å². The molecule has 0 saturated heterocycles. The van der Waals surface area contributed by atoms with Gasteiger partial charge in [0.05, 0.1) is 24.1 Å². The van der Waals surface area contributed by atoms with E-state index in [0.717, 1.165) is 22.8 Å². The molecule has 0 aliphatic heterocycles. The number of methoxy groups -OCH3 is 1. The molecule has 0 amide bonds. The van der Waals surface area contributed by atoms with Crippen LogP contribution in [0.5, 0.6) is 0 Å². The molecule has 17 heavy (non-hydrogen) atoms. The van der Waals surface area contributed by atoms with Crippen molar-refractivity contribution in [3.63, 3.8) is 0 Å². The SMILES string of the molecule is CCOC(CI)OC1C=C(CC(=O)OC)CC1. The predicted octanol–water partition coefficient (Wildman–Crippen LogP) is 2.45. The van der Waals surface area contributed by atoms with Gasteiger partial charge < -0.3 is 14.2 Å². The molecule has 0 aromatic carbocycles. The van der Waals surface area contributed by atoms with Crippen molar-refractivity contribution in [3.05, 3.63) is 11.6 Å². The zero-order valence-electron chi connectivity index (χ0n) is 10.3. The Morgan fingerprint density at radius 2 is 2.41 bits per heavy atom. The lowest BCUT2D eigenvalue weighted by atomic mass is 10.2. The molecule has 0 bridgehead atoms. The van der Waals surface area contributed by atoms with Crippen molar-refractivity contribution >= 4 is 28.6 Å². The number of rotatable bonds is 7. The van der Waals surface area contributed by atoms with E-state index in [1.165, 1.54) is 7.11 Å². The standard InChI is InChI=1S/C12H19IO4/c1-3-16-12(8-13)17-10-5-4-9(6-10)7-11(14)15-2/h6,10,12H,3-5,7-8H2,1-2H3. The first kappa shape index (κ1) is 14.9. The highest BCUT2D eigenvalue weighted by atomic mass is 127. The van der Waals surface area contributed by atoms with Gasteiger partial charge >= 0.3 is 5.97 Å². The summed E-state index contributed by atoms with van der Waals surface area (Å²) in [5, 5.41) is 0. The summed E-state index contributed by atoms with van der Waals surface area (Å²) in [6.45, 7) is 2.61. The summed E-state index contributed by atoms with van der Waals surface area (Å²) in [6, 6.07) is 0. The molecule has 1 rings (SSSR count). The Labute approximate surface area is 116 Å². The molecule has 4 nitrogen and oxygen atoms in total. The molecule has 0 spiro atoms. The van der Waals surface area contributed by atoms with E-state index in [-0.39, 0.29) is 18.4 Å². The molecule has 5 heteroatoms. The van der Waals surface area contributed by atoms with E-state index in [2.05, 4.69) is 27.3 Å². The van der Waals surface area contributed by atoms with E-state index in [0.29, 0.717) is 13.0 Å². The number of alkyl halides is 1. The molecule has 0 heterocycles. The Kier molecular flexibility index (Phi) is 7.06. The topological polar surface area (TPSA) is 44.8 Å². The highest BCUT2D eigenvalue weighted by Gasteiger charge is 2.21. The summed E-state index contributed by atoms with van der Waals surface area (Å²) >= 11 is 2.25. The van der Waals surface area contributed by atoms with E-state index < -0.39 is 0 Å². The van der Waals surface area contributed by atoms with Gasteiger partial charge in [0.1, 0.15) is 0 Å². The molecule has 0 radical (unpaired) electrons. The smallest absolute Gasteiger partial charge is 0.309 e. The van der Waals surface area contributed by atoms with Gasteiger partial charge in [-0.1, -0.05) is 34.2 Å². The van der Waals surface area contributed by atoms with Gasteiger partial charge in [-0.25, -0.2) is 0 Å². The van der Waals surface area contributed by atoms with Crippen molar-refractivity contribution < 1.29 is 19.0 Å². The van der Waals surface area contributed by atoms with Crippen LogP contribution in [0.4, 0.5) is 0 Å². The Morgan fingerprint density at radius 3 is 3.00 bits per heavy atom. The van der Waals surface area contributed by atoms with Crippen LogP contribution in [-0.2, 0) is 19.0 Å². The molecule has 2 atom stereocenters. The van der Waals surface area contributed by atoms with Crippen LogP contribution in [-0.4, -0.2) is 36.5 Å². The third-order valence-corrected chi connectivity index (χ3v) is 3.29. The monoisotopic (exact) mass is 354 g/mol. The van der Waals surface area contributed by atoms with Gasteiger partial charge in [0.25, 0.3) is 0 Å². The zero-order valence-corrected chi connectivity index (χ0v) is 12.4. The number of esters is 1. The number of carbonyl (C=O) groups excluding carboxylic acids is 1. The Balaban J connectivity index is 2.39. The fourth-order valence-corrected chi connectivity index (χ4v) is 2.23. The lowest BCUT2D eigenvalue weighted by Crippen LogP contribution is -2.23. The minimum absolute atomic E-state index is 0.0703. The molecular formula is C12H19IO4. The number of halogens is 1. The van der Waals surface area contributed by atoms with Gasteiger partial charge in [-0.05, 0) is 19.8 Å². The largest absolute Gasteiger partial charge is 0.469 e. The normalized spacial score (nSPS) is 21.1. The Hall–Kier alpha value is -0.140. The third kappa shape index (κ3) is 5.35. The van der Waals surface area contributed by atoms with Crippen molar-refractivity contribution in [1.29, 1.82) is 0 Å². The highest BCUT2D eigenvalue weighted by Crippen LogP contribution is 2.25. The molecule has 1 aliphatic carbocycles. The average molecular weight is 354 g/mol. The molecule has 0 fully saturated rings. The Bertz CT molecular complexity index is 278. The van der Waals surface area contributed by atoms with E-state index >= 15 is 0 Å². The fourth-order valence-electron chi connectivity index (χ4n) is 1.77. The van der Waals surface area contributed by atoms with E-state index in [4.69, 9.17) is 9.47 Å². The van der Waals surface area contributed by atoms with Crippen molar-refractivity contribution in [1.82, 2.24) is 0 Å². The predicted molar refractivity (Wildman–Crippen MR) is 73.1 cm³/mol. The van der Waals surface area contributed by atoms with E-state index in [1.54, 1.807) is 0 Å². The summed E-state index contributed by atoms with van der Waals surface area (Å²) < 4.78 is 16.7. The molecule has 1 aliphatic rings. The first-order valence-corrected chi connectivity index (χ1v) is 7.31. The molecule has 2 unspecified atom stereocenters. The quantitative estimate of drug-likeness (QED) is 0.232. The second-order valence-corrected chi connectivity index (χ2v) is 4.71. The van der Waals surface area contributed by atoms with Gasteiger partial charge in [-0.3, -0.25) is 4.79 Å². The number of ether oxygens (including phenoxy) is 3. The minimum atomic E-state index is -0.188. The van der Waals surface area contributed by atoms with E-state index in [1.807, 2.05) is 13.0 Å². The molecule has 0 saturated carbocycles. The van der Waals surface area contributed by atoms with Crippen molar-refractivity contribution in [2.24, 2.45) is 0 Å².